The van der Waals surface area contributed by atoms with Crippen LogP contribution < -0.4 is 24.0 Å². The van der Waals surface area contributed by atoms with Crippen LogP contribution in [0, 0.1) is 108 Å². The second kappa shape index (κ2) is 42.4. The van der Waals surface area contributed by atoms with E-state index in [0.29, 0.717) is 38.5 Å². The molecule has 0 aromatic carbocycles. The number of carbonyl (C=O) groups excluding carboxylic acids is 3. The number of aliphatic hydroxyl groups excluding tert-OH is 1. The maximum atomic E-state index is 12.0. The van der Waals surface area contributed by atoms with Crippen LogP contribution in [0.3, 0.4) is 0 Å². The van der Waals surface area contributed by atoms with Gasteiger partial charge in [-0.15, -0.1) is 19.3 Å². The molecule has 0 aliphatic rings. The Morgan fingerprint density at radius 3 is 1.44 bits per heavy atom. The summed E-state index contributed by atoms with van der Waals surface area (Å²) in [6.45, 7) is 3.76. The maximum absolute atomic E-state index is 12.0. The van der Waals surface area contributed by atoms with Crippen molar-refractivity contribution in [1.29, 1.82) is 0 Å². The standard InChI is InChI=1S/C24H40O11.C10H2.C9H4.Li/c1-2-3-4-8-11-17(25)14-19(35-24(33)16-22(30)31)18(34-23(32)15-21(28)29)12-9-6-5-7-10-13-20(26)27;1-3-5-7-9-10-8-6-4-2;1-3-5-7-9-8-6-4-2;/h17-19,25H,2-16H2,1H3,(H,26,27)(H,28,29)(H,30,31);1-2H;1H,2H3;/q;;;+1/p-1. The maximum Gasteiger partial charge on any atom is 1.00 e. The normalized spacial score (nSPS) is 9.75. The van der Waals surface area contributed by atoms with Gasteiger partial charge in [0.2, 0.25) is 0 Å². The molecular formula is C43H45LiO11. The van der Waals surface area contributed by atoms with E-state index in [1.54, 1.807) is 6.92 Å². The Bertz CT molecular complexity index is 1670. The van der Waals surface area contributed by atoms with Gasteiger partial charge in [-0.2, -0.15) is 0 Å². The predicted octanol–water partition coefficient (Wildman–Crippen LogP) is -0.122. The van der Waals surface area contributed by atoms with Crippen molar-refractivity contribution < 1.29 is 72.7 Å². The van der Waals surface area contributed by atoms with Gasteiger partial charge in [-0.3, -0.25) is 19.2 Å². The molecular weight excluding hydrogens is 699 g/mol. The van der Waals surface area contributed by atoms with Crippen molar-refractivity contribution in [2.24, 2.45) is 0 Å². The molecule has 0 fully saturated rings. The van der Waals surface area contributed by atoms with E-state index in [1.807, 2.05) is 6.92 Å². The summed E-state index contributed by atoms with van der Waals surface area (Å²) >= 11 is 0. The molecule has 0 aliphatic heterocycles. The molecule has 0 aromatic heterocycles. The molecule has 0 aliphatic carbocycles. The second-order valence-electron chi connectivity index (χ2n) is 10.7. The molecule has 284 valence electrons. The summed E-state index contributed by atoms with van der Waals surface area (Å²) in [5.41, 5.74) is 0. The Hall–Kier alpha value is -6.05. The summed E-state index contributed by atoms with van der Waals surface area (Å²) < 4.78 is 10.6. The van der Waals surface area contributed by atoms with E-state index in [9.17, 15) is 34.2 Å². The van der Waals surface area contributed by atoms with Crippen molar-refractivity contribution in [3.8, 4) is 108 Å². The zero-order chi connectivity index (χ0) is 41.2. The van der Waals surface area contributed by atoms with Gasteiger partial charge in [0.05, 0.1) is 6.10 Å². The third-order valence-electron chi connectivity index (χ3n) is 6.24. The number of ether oxygens (including phenoxy) is 2. The minimum Gasteiger partial charge on any atom is -0.550 e. The van der Waals surface area contributed by atoms with Crippen LogP contribution in [0.15, 0.2) is 0 Å². The molecule has 3 atom stereocenters. The first-order chi connectivity index (χ1) is 25.9. The van der Waals surface area contributed by atoms with Crippen molar-refractivity contribution in [3.63, 3.8) is 0 Å². The Kier molecular flexibility index (Phi) is 42.9. The summed E-state index contributed by atoms with van der Waals surface area (Å²) in [5.74, 6) is 29.4. The summed E-state index contributed by atoms with van der Waals surface area (Å²) in [7, 11) is 0. The van der Waals surface area contributed by atoms with Crippen LogP contribution in [0.1, 0.15) is 110 Å². The Labute approximate surface area is 338 Å². The van der Waals surface area contributed by atoms with E-state index in [0.717, 1.165) is 25.7 Å². The summed E-state index contributed by atoms with van der Waals surface area (Å²) in [6, 6.07) is 0. The van der Waals surface area contributed by atoms with Gasteiger partial charge in [-0.1, -0.05) is 57.8 Å². The molecule has 12 heteroatoms. The first-order valence-electron chi connectivity index (χ1n) is 16.9. The molecule has 55 heavy (non-hydrogen) atoms. The van der Waals surface area contributed by atoms with Gasteiger partial charge in [-0.05, 0) is 122 Å². The van der Waals surface area contributed by atoms with Gasteiger partial charge in [0.15, 0.2) is 0 Å². The minimum atomic E-state index is -1.40. The zero-order valence-electron chi connectivity index (χ0n) is 31.7. The van der Waals surface area contributed by atoms with Gasteiger partial charge in [-0.25, -0.2) is 0 Å². The van der Waals surface area contributed by atoms with Gasteiger partial charge < -0.3 is 34.7 Å². The second-order valence-corrected chi connectivity index (χ2v) is 10.7. The van der Waals surface area contributed by atoms with E-state index < -0.39 is 61.0 Å². The van der Waals surface area contributed by atoms with Crippen LogP contribution in [-0.2, 0) is 33.4 Å². The Balaban J connectivity index is -0.000000529. The van der Waals surface area contributed by atoms with Crippen LogP contribution in [0.2, 0.25) is 0 Å². The topological polar surface area (TPSA) is 188 Å². The van der Waals surface area contributed by atoms with Crippen molar-refractivity contribution >= 4 is 29.8 Å². The quantitative estimate of drug-likeness (QED) is 0.0441. The van der Waals surface area contributed by atoms with Crippen molar-refractivity contribution in [3.05, 3.63) is 0 Å². The third-order valence-corrected chi connectivity index (χ3v) is 6.24. The van der Waals surface area contributed by atoms with Crippen LogP contribution >= 0.6 is 0 Å². The van der Waals surface area contributed by atoms with Crippen molar-refractivity contribution in [1.82, 2.24) is 0 Å². The van der Waals surface area contributed by atoms with E-state index >= 15 is 0 Å². The first kappa shape index (κ1) is 55.7. The zero-order valence-corrected chi connectivity index (χ0v) is 31.7. The van der Waals surface area contributed by atoms with E-state index in [-0.39, 0.29) is 38.1 Å². The fourth-order valence-electron chi connectivity index (χ4n) is 3.99. The fourth-order valence-corrected chi connectivity index (χ4v) is 3.99. The molecule has 0 amide bonds. The van der Waals surface area contributed by atoms with Crippen LogP contribution in [0.25, 0.3) is 0 Å². The summed E-state index contributed by atoms with van der Waals surface area (Å²) in [6.07, 6.45) is 16.7. The number of hydrogen-bond donors (Lipinski definition) is 3. The smallest absolute Gasteiger partial charge is 0.550 e. The average molecular weight is 745 g/mol. The molecule has 3 unspecified atom stereocenters. The number of carbonyl (C=O) groups is 5. The number of hydrogen-bond acceptors (Lipinski definition) is 9. The van der Waals surface area contributed by atoms with E-state index in [1.165, 1.54) is 0 Å². The van der Waals surface area contributed by atoms with Gasteiger partial charge in [0.25, 0.3) is 0 Å². The molecule has 11 nitrogen and oxygen atoms in total. The van der Waals surface area contributed by atoms with Crippen LogP contribution in [0.4, 0.5) is 0 Å². The van der Waals surface area contributed by atoms with Crippen molar-refractivity contribution in [2.45, 2.75) is 128 Å². The number of carboxylic acid groups (broad SMARTS) is 3. The molecule has 0 heterocycles. The van der Waals surface area contributed by atoms with Crippen LogP contribution in [-0.4, -0.2) is 63.5 Å². The molecule has 0 radical (unpaired) electrons. The number of rotatable bonds is 22. The fraction of sp³-hybridized carbons (Fsp3) is 0.465. The summed E-state index contributed by atoms with van der Waals surface area (Å²) in [5, 5.41) is 38.7. The number of terminal acetylenes is 3. The third kappa shape index (κ3) is 45.9. The number of carboxylic acids is 3. The summed E-state index contributed by atoms with van der Waals surface area (Å²) in [4.78, 5) is 56.3. The van der Waals surface area contributed by atoms with E-state index in [2.05, 4.69) is 88.8 Å². The number of aliphatic carboxylic acids is 3. The Morgan fingerprint density at radius 2 is 1.00 bits per heavy atom. The minimum absolute atomic E-state index is 0. The molecule has 0 saturated carbocycles. The number of esters is 2. The van der Waals surface area contributed by atoms with Crippen molar-refractivity contribution in [2.75, 3.05) is 0 Å². The first-order valence-corrected chi connectivity index (χ1v) is 16.9. The SMILES string of the molecule is C#CC#CC#CC#CC.C#CC#CC#CC#CC#C.CCCCCCC(O)CC(OC(=O)CC(=O)O)C(CCCCCCCC(=O)[O-])OC(=O)CC(=O)O.[Li+]. The molecule has 3 N–H and O–H groups in total. The molecule has 0 saturated heterocycles. The number of unbranched alkanes of at least 4 members (excludes halogenated alkanes) is 7. The largest absolute Gasteiger partial charge is 1.00 e. The molecule has 0 spiro atoms. The van der Waals surface area contributed by atoms with Crippen LogP contribution in [0.5, 0.6) is 0 Å². The molecule has 0 rings (SSSR count). The average Bonchev–Trinajstić information content (AvgIpc) is 3.10. The monoisotopic (exact) mass is 744 g/mol. The van der Waals surface area contributed by atoms with E-state index in [4.69, 9.17) is 39.0 Å². The van der Waals surface area contributed by atoms with Gasteiger partial charge >= 0.3 is 42.7 Å². The predicted molar refractivity (Wildman–Crippen MR) is 200 cm³/mol. The molecule has 0 bridgehead atoms. The Morgan fingerprint density at radius 1 is 0.600 bits per heavy atom. The van der Waals surface area contributed by atoms with Gasteiger partial charge in [0.1, 0.15) is 25.0 Å². The molecule has 0 aromatic rings. The number of aliphatic hydroxyl groups is 1. The van der Waals surface area contributed by atoms with Gasteiger partial charge in [0, 0.05) is 12.4 Å².